The largest absolute Gasteiger partial charge is 0.376 e. The van der Waals surface area contributed by atoms with Crippen LogP contribution in [0.25, 0.3) is 0 Å². The summed E-state index contributed by atoms with van der Waals surface area (Å²) in [7, 11) is 0. The van der Waals surface area contributed by atoms with Crippen LogP contribution in [-0.4, -0.2) is 13.2 Å². The molecule has 0 amide bonds. The summed E-state index contributed by atoms with van der Waals surface area (Å²) in [6.07, 6.45) is 1.88. The second-order valence-corrected chi connectivity index (χ2v) is 4.11. The van der Waals surface area contributed by atoms with Gasteiger partial charge >= 0.3 is 0 Å². The van der Waals surface area contributed by atoms with Crippen molar-refractivity contribution in [2.24, 2.45) is 5.73 Å². The van der Waals surface area contributed by atoms with Crippen LogP contribution in [-0.2, 0) is 17.8 Å². The highest BCUT2D eigenvalue weighted by Gasteiger charge is 1.95. The van der Waals surface area contributed by atoms with Gasteiger partial charge in [0.05, 0.1) is 13.2 Å². The first-order valence-electron chi connectivity index (χ1n) is 5.72. The molecule has 1 rings (SSSR count). The van der Waals surface area contributed by atoms with Gasteiger partial charge in [-0.1, -0.05) is 29.8 Å². The van der Waals surface area contributed by atoms with Crippen LogP contribution in [0.5, 0.6) is 0 Å². The van der Waals surface area contributed by atoms with E-state index in [2.05, 4.69) is 30.8 Å². The minimum Gasteiger partial charge on any atom is -0.376 e. The fourth-order valence-electron chi connectivity index (χ4n) is 1.41. The van der Waals surface area contributed by atoms with Gasteiger partial charge in [0, 0.05) is 0 Å². The van der Waals surface area contributed by atoms with E-state index in [1.165, 1.54) is 16.7 Å². The molecule has 0 fully saturated rings. The van der Waals surface area contributed by atoms with Crippen LogP contribution < -0.4 is 5.73 Å². The Labute approximate surface area is 98.1 Å². The van der Waals surface area contributed by atoms with Crippen molar-refractivity contribution in [2.75, 3.05) is 13.2 Å². The molecule has 2 N–H and O–H groups in total. The molecule has 0 aliphatic heterocycles. The van der Waals surface area contributed by atoms with E-state index in [1.54, 1.807) is 0 Å². The molecule has 0 atom stereocenters. The summed E-state index contributed by atoms with van der Waals surface area (Å²) in [4.78, 5) is 0. The number of nitrogens with two attached hydrogens (primary N) is 1. The second kappa shape index (κ2) is 7.20. The molecule has 0 radical (unpaired) electrons. The van der Waals surface area contributed by atoms with Gasteiger partial charge in [-0.2, -0.15) is 0 Å². The first-order valence-corrected chi connectivity index (χ1v) is 5.72. The van der Waals surface area contributed by atoms with E-state index >= 15 is 0 Å². The molecule has 0 bridgehead atoms. The number of benzene rings is 1. The molecule has 0 aliphatic rings. The lowest BCUT2D eigenvalue weighted by atomic mass is 10.1. The van der Waals surface area contributed by atoms with Gasteiger partial charge in [-0.25, -0.2) is 0 Å². The van der Waals surface area contributed by atoms with Gasteiger partial charge in [0.25, 0.3) is 0 Å². The van der Waals surface area contributed by atoms with Crippen molar-refractivity contribution in [3.63, 3.8) is 0 Å². The third-order valence-electron chi connectivity index (χ3n) is 2.40. The lowest BCUT2D eigenvalue weighted by Gasteiger charge is -2.05. The Morgan fingerprint density at radius 3 is 2.44 bits per heavy atom. The highest BCUT2D eigenvalue weighted by Crippen LogP contribution is 2.07. The van der Waals surface area contributed by atoms with Gasteiger partial charge in [-0.15, -0.1) is 6.58 Å². The molecule has 0 aliphatic carbocycles. The van der Waals surface area contributed by atoms with E-state index in [-0.39, 0.29) is 0 Å². The molecular weight excluding hydrogens is 198 g/mol. The van der Waals surface area contributed by atoms with E-state index in [1.807, 2.05) is 6.92 Å². The quantitative estimate of drug-likeness (QED) is 0.565. The number of hydrogen-bond donors (Lipinski definition) is 1. The average Bonchev–Trinajstić information content (AvgIpc) is 2.27. The van der Waals surface area contributed by atoms with E-state index in [9.17, 15) is 0 Å². The standard InChI is InChI=1S/C14H21NO/c1-12(2)8-10-16-11-14-5-3-13(4-6-14)7-9-15/h3-6H,1,7-11,15H2,2H3. The molecular formula is C14H21NO. The highest BCUT2D eigenvalue weighted by atomic mass is 16.5. The second-order valence-electron chi connectivity index (χ2n) is 4.11. The summed E-state index contributed by atoms with van der Waals surface area (Å²) in [5.41, 5.74) is 9.15. The summed E-state index contributed by atoms with van der Waals surface area (Å²) in [6, 6.07) is 8.44. The molecule has 1 aromatic rings. The van der Waals surface area contributed by atoms with E-state index in [0.29, 0.717) is 13.2 Å². The van der Waals surface area contributed by atoms with Crippen molar-refractivity contribution >= 4 is 0 Å². The van der Waals surface area contributed by atoms with Crippen LogP contribution >= 0.6 is 0 Å². The summed E-state index contributed by atoms with van der Waals surface area (Å²) >= 11 is 0. The first-order chi connectivity index (χ1) is 7.72. The lowest BCUT2D eigenvalue weighted by molar-refractivity contribution is 0.124. The van der Waals surface area contributed by atoms with Gasteiger partial charge in [-0.3, -0.25) is 0 Å². The van der Waals surface area contributed by atoms with Crippen molar-refractivity contribution in [3.05, 3.63) is 47.5 Å². The Bertz CT molecular complexity index is 316. The first kappa shape index (κ1) is 12.9. The molecule has 88 valence electrons. The Morgan fingerprint density at radius 1 is 1.25 bits per heavy atom. The fourth-order valence-corrected chi connectivity index (χ4v) is 1.41. The highest BCUT2D eigenvalue weighted by molar-refractivity contribution is 5.22. The molecule has 0 saturated carbocycles. The Balaban J connectivity index is 2.29. The van der Waals surface area contributed by atoms with Crippen LogP contribution in [0, 0.1) is 0 Å². The molecule has 2 heteroatoms. The molecule has 1 aromatic carbocycles. The van der Waals surface area contributed by atoms with Crippen molar-refractivity contribution in [2.45, 2.75) is 26.4 Å². The summed E-state index contributed by atoms with van der Waals surface area (Å²) in [5, 5.41) is 0. The average molecular weight is 219 g/mol. The van der Waals surface area contributed by atoms with E-state index in [0.717, 1.165) is 19.4 Å². The third kappa shape index (κ3) is 5.10. The number of ether oxygens (including phenoxy) is 1. The van der Waals surface area contributed by atoms with Crippen LogP contribution in [0.15, 0.2) is 36.4 Å². The normalized spacial score (nSPS) is 10.4. The van der Waals surface area contributed by atoms with E-state index < -0.39 is 0 Å². The van der Waals surface area contributed by atoms with Gasteiger partial charge in [-0.05, 0) is 37.4 Å². The summed E-state index contributed by atoms with van der Waals surface area (Å²) in [5.74, 6) is 0. The summed E-state index contributed by atoms with van der Waals surface area (Å²) in [6.45, 7) is 7.99. The zero-order valence-corrected chi connectivity index (χ0v) is 10.0. The Hall–Kier alpha value is -1.12. The Kier molecular flexibility index (Phi) is 5.83. The van der Waals surface area contributed by atoms with Crippen LogP contribution in [0.3, 0.4) is 0 Å². The van der Waals surface area contributed by atoms with Crippen LogP contribution in [0.1, 0.15) is 24.5 Å². The lowest BCUT2D eigenvalue weighted by Crippen LogP contribution is -2.02. The predicted molar refractivity (Wildman–Crippen MR) is 68.3 cm³/mol. The monoisotopic (exact) mass is 219 g/mol. The predicted octanol–water partition coefficient (Wildman–Crippen LogP) is 2.67. The van der Waals surface area contributed by atoms with Gasteiger partial charge in [0.2, 0.25) is 0 Å². The van der Waals surface area contributed by atoms with Gasteiger partial charge in [0.1, 0.15) is 0 Å². The van der Waals surface area contributed by atoms with Crippen molar-refractivity contribution < 1.29 is 4.74 Å². The maximum absolute atomic E-state index is 5.54. The van der Waals surface area contributed by atoms with Crippen molar-refractivity contribution in [1.82, 2.24) is 0 Å². The van der Waals surface area contributed by atoms with Crippen molar-refractivity contribution in [3.8, 4) is 0 Å². The molecule has 0 heterocycles. The topological polar surface area (TPSA) is 35.2 Å². The van der Waals surface area contributed by atoms with Crippen LogP contribution in [0.4, 0.5) is 0 Å². The molecule has 0 spiro atoms. The van der Waals surface area contributed by atoms with Crippen LogP contribution in [0.2, 0.25) is 0 Å². The maximum Gasteiger partial charge on any atom is 0.0717 e. The molecule has 0 saturated heterocycles. The summed E-state index contributed by atoms with van der Waals surface area (Å²) < 4.78 is 5.54. The minimum atomic E-state index is 0.677. The maximum atomic E-state index is 5.54. The minimum absolute atomic E-state index is 0.677. The van der Waals surface area contributed by atoms with E-state index in [4.69, 9.17) is 10.5 Å². The van der Waals surface area contributed by atoms with Gasteiger partial charge < -0.3 is 10.5 Å². The zero-order chi connectivity index (χ0) is 11.8. The molecule has 16 heavy (non-hydrogen) atoms. The SMILES string of the molecule is C=C(C)CCOCc1ccc(CCN)cc1. The van der Waals surface area contributed by atoms with Crippen molar-refractivity contribution in [1.29, 1.82) is 0 Å². The molecule has 0 aromatic heterocycles. The fraction of sp³-hybridized carbons (Fsp3) is 0.429. The smallest absolute Gasteiger partial charge is 0.0717 e. The number of rotatable bonds is 7. The molecule has 2 nitrogen and oxygen atoms in total. The molecule has 0 unspecified atom stereocenters. The zero-order valence-electron chi connectivity index (χ0n) is 10.0. The third-order valence-corrected chi connectivity index (χ3v) is 2.40. The van der Waals surface area contributed by atoms with Gasteiger partial charge in [0.15, 0.2) is 0 Å². The Morgan fingerprint density at radius 2 is 1.88 bits per heavy atom. The number of hydrogen-bond acceptors (Lipinski definition) is 2.